The van der Waals surface area contributed by atoms with Crippen molar-refractivity contribution >= 4 is 46.4 Å². The molecule has 0 aliphatic rings. The largest absolute Gasteiger partial charge is 0.307 e. The Morgan fingerprint density at radius 3 is 2.49 bits per heavy atom. The van der Waals surface area contributed by atoms with Crippen LogP contribution in [0.4, 0.5) is 0 Å². The van der Waals surface area contributed by atoms with Gasteiger partial charge in [0.2, 0.25) is 0 Å². The van der Waals surface area contributed by atoms with E-state index in [9.17, 15) is 14.4 Å². The topological polar surface area (TPSA) is 86.8 Å². The molecule has 0 aliphatic heterocycles. The molecule has 0 aliphatic carbocycles. The molecule has 7 nitrogen and oxygen atoms in total. The van der Waals surface area contributed by atoms with Crippen molar-refractivity contribution in [2.45, 2.75) is 38.1 Å². The van der Waals surface area contributed by atoms with Crippen molar-refractivity contribution in [2.75, 3.05) is 0 Å². The molecule has 0 atom stereocenters. The molecule has 1 aromatic carbocycles. The van der Waals surface area contributed by atoms with Crippen molar-refractivity contribution in [1.29, 1.82) is 0 Å². The normalized spacial score (nSPS) is 11.2. The minimum absolute atomic E-state index is 0.174. The zero-order valence-electron chi connectivity index (χ0n) is 23.7. The van der Waals surface area contributed by atoms with Crippen molar-refractivity contribution in [3.8, 4) is 23.1 Å². The van der Waals surface area contributed by atoms with E-state index < -0.39 is 11.0 Å². The summed E-state index contributed by atoms with van der Waals surface area (Å²) in [7, 11) is 0. The number of thiophene rings is 1. The van der Waals surface area contributed by atoms with Gasteiger partial charge in [0.05, 0.1) is 22.1 Å². The van der Waals surface area contributed by atoms with Gasteiger partial charge in [0.15, 0.2) is 5.78 Å². The zero-order chi connectivity index (χ0) is 30.6. The van der Waals surface area contributed by atoms with Crippen molar-refractivity contribution in [1.82, 2.24) is 19.3 Å². The van der Waals surface area contributed by atoms with Gasteiger partial charge in [0, 0.05) is 51.3 Å². The van der Waals surface area contributed by atoms with Crippen molar-refractivity contribution < 1.29 is 9.59 Å². The van der Waals surface area contributed by atoms with E-state index in [-0.39, 0.29) is 23.8 Å². The van der Waals surface area contributed by atoms with Gasteiger partial charge < -0.3 is 4.57 Å². The second-order valence-corrected chi connectivity index (χ2v) is 13.4. The summed E-state index contributed by atoms with van der Waals surface area (Å²) in [6.45, 7) is 5.33. The third-order valence-electron chi connectivity index (χ3n) is 6.35. The van der Waals surface area contributed by atoms with E-state index in [2.05, 4.69) is 16.8 Å². The molecule has 0 spiro atoms. The van der Waals surface area contributed by atoms with Crippen LogP contribution in [0.1, 0.15) is 51.9 Å². The quantitative estimate of drug-likeness (QED) is 0.109. The van der Waals surface area contributed by atoms with E-state index in [1.54, 1.807) is 36.7 Å². The van der Waals surface area contributed by atoms with Crippen LogP contribution >= 0.6 is 34.7 Å². The van der Waals surface area contributed by atoms with E-state index in [1.807, 2.05) is 63.2 Å². The lowest BCUT2D eigenvalue weighted by Gasteiger charge is -2.17. The number of rotatable bonds is 7. The number of Topliss-reactive ketones (excluding diaryl/α,β-unsaturated/α-hetero) is 1. The number of hydrogen-bond acceptors (Lipinski definition) is 7. The van der Waals surface area contributed by atoms with Crippen LogP contribution in [0.25, 0.3) is 11.3 Å². The molecule has 43 heavy (non-hydrogen) atoms. The molecule has 216 valence electrons. The number of benzene rings is 1. The molecule has 0 saturated heterocycles. The molecule has 0 N–H and O–H groups in total. The van der Waals surface area contributed by atoms with Gasteiger partial charge in [-0.05, 0) is 48.5 Å². The summed E-state index contributed by atoms with van der Waals surface area (Å²) in [6, 6.07) is 20.0. The predicted octanol–water partition coefficient (Wildman–Crippen LogP) is 7.08. The molecule has 4 aromatic heterocycles. The van der Waals surface area contributed by atoms with Crippen molar-refractivity contribution in [3.63, 3.8) is 0 Å². The Morgan fingerprint density at radius 2 is 1.81 bits per heavy atom. The number of hydrogen-bond donors (Lipinski definition) is 0. The van der Waals surface area contributed by atoms with Gasteiger partial charge in [0.1, 0.15) is 5.03 Å². The molecule has 0 unspecified atom stereocenters. The monoisotopic (exact) mass is 626 g/mol. The lowest BCUT2D eigenvalue weighted by Crippen LogP contribution is -2.28. The van der Waals surface area contributed by atoms with Crippen LogP contribution in [-0.2, 0) is 12.3 Å². The number of carbonyl (C=O) groups is 2. The number of halogens is 1. The summed E-state index contributed by atoms with van der Waals surface area (Å²) >= 11 is 9.07. The van der Waals surface area contributed by atoms with Crippen LogP contribution in [0.2, 0.25) is 4.34 Å². The van der Waals surface area contributed by atoms with Crippen molar-refractivity contribution in [2.24, 2.45) is 5.41 Å². The number of nitrogens with zero attached hydrogens (tertiary/aromatic N) is 4. The van der Waals surface area contributed by atoms with Gasteiger partial charge in [-0.25, -0.2) is 0 Å². The summed E-state index contributed by atoms with van der Waals surface area (Å²) < 4.78 is 3.43. The average Bonchev–Trinajstić information content (AvgIpc) is 3.62. The van der Waals surface area contributed by atoms with Gasteiger partial charge in [-0.3, -0.25) is 19.4 Å². The standard InChI is InChI=1S/C33H27ClN4O3S2/c1-33(2,3)32(41)38-30(42-21-24-12-14-29(34)43-24)18-27(36-38)25-15-17-37(20-28(39)23-10-7-16-35-19-23)31(40)26(25)13-11-22-8-5-4-6-9-22/h4-10,12,14-19H,20-21H2,1-3H3. The van der Waals surface area contributed by atoms with Crippen LogP contribution in [0.15, 0.2) is 95.1 Å². The first-order chi connectivity index (χ1) is 20.6. The Labute approximate surface area is 262 Å². The van der Waals surface area contributed by atoms with E-state index >= 15 is 0 Å². The number of carbonyl (C=O) groups excluding carboxylic acids is 2. The minimum Gasteiger partial charge on any atom is -0.307 e. The Bertz CT molecular complexity index is 1910. The SMILES string of the molecule is CC(C)(C)C(=O)n1nc(-c2ccn(CC(=O)c3cccnc3)c(=O)c2C#Cc2ccccc2)cc1SCc1ccc(Cl)s1. The first kappa shape index (κ1) is 30.2. The lowest BCUT2D eigenvalue weighted by molar-refractivity contribution is 0.0736. The Balaban J connectivity index is 1.60. The maximum atomic E-state index is 13.8. The highest BCUT2D eigenvalue weighted by atomic mass is 35.5. The highest BCUT2D eigenvalue weighted by Crippen LogP contribution is 2.33. The Hall–Kier alpha value is -4.23. The first-order valence-electron chi connectivity index (χ1n) is 13.4. The average molecular weight is 627 g/mol. The van der Waals surface area contributed by atoms with Crippen molar-refractivity contribution in [3.05, 3.63) is 122 Å². The molecule has 0 radical (unpaired) electrons. The summed E-state index contributed by atoms with van der Waals surface area (Å²) in [5, 5.41) is 5.33. The second kappa shape index (κ2) is 13.0. The molecule has 5 rings (SSSR count). The van der Waals surface area contributed by atoms with Crippen LogP contribution in [0.3, 0.4) is 0 Å². The number of thioether (sulfide) groups is 1. The smallest absolute Gasteiger partial charge is 0.267 e. The zero-order valence-corrected chi connectivity index (χ0v) is 26.1. The maximum Gasteiger partial charge on any atom is 0.267 e. The molecule has 10 heteroatoms. The van der Waals surface area contributed by atoms with E-state index in [0.717, 1.165) is 10.4 Å². The van der Waals surface area contributed by atoms with Gasteiger partial charge in [-0.15, -0.1) is 23.1 Å². The fraction of sp³-hybridized carbons (Fsp3) is 0.182. The second-order valence-electron chi connectivity index (χ2n) is 10.6. The molecule has 4 heterocycles. The summed E-state index contributed by atoms with van der Waals surface area (Å²) in [4.78, 5) is 45.3. The minimum atomic E-state index is -0.698. The summed E-state index contributed by atoms with van der Waals surface area (Å²) in [5.41, 5.74) is 1.09. The molecular formula is C33H27ClN4O3S2. The number of aromatic nitrogens is 4. The van der Waals surface area contributed by atoms with Crippen LogP contribution in [0, 0.1) is 17.3 Å². The van der Waals surface area contributed by atoms with Gasteiger partial charge >= 0.3 is 0 Å². The summed E-state index contributed by atoms with van der Waals surface area (Å²) in [6.07, 6.45) is 4.62. The van der Waals surface area contributed by atoms with E-state index in [4.69, 9.17) is 16.7 Å². The highest BCUT2D eigenvalue weighted by Gasteiger charge is 2.28. The molecule has 0 fully saturated rings. The van der Waals surface area contributed by atoms with E-state index in [1.165, 1.54) is 38.5 Å². The molecule has 0 bridgehead atoms. The van der Waals surface area contributed by atoms with E-state index in [0.29, 0.717) is 31.9 Å². The fourth-order valence-electron chi connectivity index (χ4n) is 4.10. The Kier molecular flexibility index (Phi) is 9.11. The highest BCUT2D eigenvalue weighted by molar-refractivity contribution is 7.98. The number of ketones is 1. The molecule has 5 aromatic rings. The fourth-order valence-corrected chi connectivity index (χ4v) is 6.22. The third kappa shape index (κ3) is 7.23. The number of pyridine rings is 2. The van der Waals surface area contributed by atoms with Crippen LogP contribution in [-0.4, -0.2) is 31.0 Å². The summed E-state index contributed by atoms with van der Waals surface area (Å²) in [5.74, 6) is 6.26. The maximum absolute atomic E-state index is 13.8. The van der Waals surface area contributed by atoms with Crippen LogP contribution < -0.4 is 5.56 Å². The molecular weight excluding hydrogens is 600 g/mol. The van der Waals surface area contributed by atoms with Gasteiger partial charge in [-0.2, -0.15) is 9.78 Å². The Morgan fingerprint density at radius 1 is 1.02 bits per heavy atom. The molecule has 0 saturated carbocycles. The third-order valence-corrected chi connectivity index (χ3v) is 8.80. The first-order valence-corrected chi connectivity index (χ1v) is 15.5. The molecule has 0 amide bonds. The van der Waals surface area contributed by atoms with Gasteiger partial charge in [0.25, 0.3) is 11.5 Å². The van der Waals surface area contributed by atoms with Crippen LogP contribution in [0.5, 0.6) is 0 Å². The van der Waals surface area contributed by atoms with Gasteiger partial charge in [-0.1, -0.05) is 62.4 Å². The predicted molar refractivity (Wildman–Crippen MR) is 172 cm³/mol. The lowest BCUT2D eigenvalue weighted by atomic mass is 9.96.